The van der Waals surface area contributed by atoms with Gasteiger partial charge in [-0.15, -0.1) is 0 Å². The van der Waals surface area contributed by atoms with Crippen LogP contribution < -0.4 is 14.4 Å². The van der Waals surface area contributed by atoms with Gasteiger partial charge in [-0.05, 0) is 61.1 Å². The zero-order valence-corrected chi connectivity index (χ0v) is 16.6. The zero-order valence-electron chi connectivity index (χ0n) is 16.6. The minimum atomic E-state index is 0.0566. The van der Waals surface area contributed by atoms with Gasteiger partial charge in [-0.2, -0.15) is 0 Å². The molecule has 0 radical (unpaired) electrons. The molecule has 1 fully saturated rings. The van der Waals surface area contributed by atoms with Crippen molar-refractivity contribution >= 4 is 11.7 Å². The van der Waals surface area contributed by atoms with Crippen LogP contribution >= 0.6 is 0 Å². The molecule has 148 valence electrons. The summed E-state index contributed by atoms with van der Waals surface area (Å²) < 4.78 is 10.8. The number of fused-ring (bicyclic) bond motifs is 1. The van der Waals surface area contributed by atoms with Crippen LogP contribution in [0.4, 0.5) is 5.82 Å². The maximum absolute atomic E-state index is 13.1. The van der Waals surface area contributed by atoms with Gasteiger partial charge >= 0.3 is 0 Å². The number of methoxy groups -OCH3 is 2. The van der Waals surface area contributed by atoms with Crippen LogP contribution in [0.15, 0.2) is 30.5 Å². The molecule has 1 aromatic carbocycles. The molecule has 0 N–H and O–H groups in total. The SMILES string of the molecule is COc1cc2c(cc1OC)CN(C(=O)c1ccnc(N3CCCCC3)c1)CC2. The molecule has 0 unspecified atom stereocenters. The number of benzene rings is 1. The van der Waals surface area contributed by atoms with Crippen molar-refractivity contribution in [3.63, 3.8) is 0 Å². The summed E-state index contributed by atoms with van der Waals surface area (Å²) in [5.41, 5.74) is 3.03. The molecule has 0 atom stereocenters. The van der Waals surface area contributed by atoms with E-state index in [4.69, 9.17) is 9.47 Å². The van der Waals surface area contributed by atoms with Crippen LogP contribution in [0.2, 0.25) is 0 Å². The quantitative estimate of drug-likeness (QED) is 0.813. The first-order valence-electron chi connectivity index (χ1n) is 9.93. The second kappa shape index (κ2) is 8.09. The van der Waals surface area contributed by atoms with Crippen LogP contribution in [0.1, 0.15) is 40.7 Å². The van der Waals surface area contributed by atoms with E-state index >= 15 is 0 Å². The Labute approximate surface area is 166 Å². The molecule has 0 bridgehead atoms. The average Bonchev–Trinajstić information content (AvgIpc) is 2.77. The second-order valence-electron chi connectivity index (χ2n) is 7.40. The minimum Gasteiger partial charge on any atom is -0.493 e. The summed E-state index contributed by atoms with van der Waals surface area (Å²) in [6.07, 6.45) is 6.22. The summed E-state index contributed by atoms with van der Waals surface area (Å²) >= 11 is 0. The van der Waals surface area contributed by atoms with Crippen molar-refractivity contribution in [3.8, 4) is 11.5 Å². The molecule has 6 nitrogen and oxygen atoms in total. The molecule has 1 saturated heterocycles. The minimum absolute atomic E-state index is 0.0566. The number of hydrogen-bond donors (Lipinski definition) is 0. The van der Waals surface area contributed by atoms with E-state index in [0.717, 1.165) is 36.6 Å². The maximum Gasteiger partial charge on any atom is 0.254 e. The van der Waals surface area contributed by atoms with Crippen LogP contribution in [-0.4, -0.2) is 49.6 Å². The molecule has 2 aliphatic rings. The van der Waals surface area contributed by atoms with Gasteiger partial charge in [0, 0.05) is 37.9 Å². The van der Waals surface area contributed by atoms with Crippen LogP contribution in [0.25, 0.3) is 0 Å². The number of ether oxygens (including phenoxy) is 2. The number of anilines is 1. The molecule has 0 saturated carbocycles. The predicted octanol–water partition coefficient (Wildman–Crippen LogP) is 3.29. The zero-order chi connectivity index (χ0) is 19.5. The van der Waals surface area contributed by atoms with Gasteiger partial charge in [-0.1, -0.05) is 0 Å². The average molecular weight is 381 g/mol. The van der Waals surface area contributed by atoms with E-state index < -0.39 is 0 Å². The molecule has 4 rings (SSSR count). The molecule has 28 heavy (non-hydrogen) atoms. The predicted molar refractivity (Wildman–Crippen MR) is 108 cm³/mol. The standard InChI is InChI=1S/C22H27N3O3/c1-27-19-12-16-7-11-25(15-18(16)13-20(19)28-2)22(26)17-6-8-23-21(14-17)24-9-4-3-5-10-24/h6,8,12-14H,3-5,7,9-11,15H2,1-2H3. The lowest BCUT2D eigenvalue weighted by Crippen LogP contribution is -2.36. The molecule has 1 amide bonds. The molecule has 2 aliphatic heterocycles. The normalized spacial score (nSPS) is 16.5. The number of amides is 1. The van der Waals surface area contributed by atoms with Gasteiger partial charge < -0.3 is 19.3 Å². The van der Waals surface area contributed by atoms with Crippen LogP contribution in [0, 0.1) is 0 Å². The molecule has 2 aromatic rings. The largest absolute Gasteiger partial charge is 0.493 e. The molecule has 1 aromatic heterocycles. The first-order chi connectivity index (χ1) is 13.7. The topological polar surface area (TPSA) is 54.9 Å². The Morgan fingerprint density at radius 3 is 2.39 bits per heavy atom. The fourth-order valence-electron chi connectivity index (χ4n) is 4.09. The monoisotopic (exact) mass is 381 g/mol. The molecule has 3 heterocycles. The lowest BCUT2D eigenvalue weighted by atomic mass is 9.98. The molecular formula is C22H27N3O3. The number of carbonyl (C=O) groups excluding carboxylic acids is 1. The first-order valence-corrected chi connectivity index (χ1v) is 9.93. The number of rotatable bonds is 4. The lowest BCUT2D eigenvalue weighted by Gasteiger charge is -2.30. The van der Waals surface area contributed by atoms with Crippen molar-refractivity contribution in [1.29, 1.82) is 0 Å². The Morgan fingerprint density at radius 1 is 0.964 bits per heavy atom. The van der Waals surface area contributed by atoms with Crippen LogP contribution in [-0.2, 0) is 13.0 Å². The summed E-state index contributed by atoms with van der Waals surface area (Å²) in [4.78, 5) is 21.8. The van der Waals surface area contributed by atoms with Gasteiger partial charge in [-0.25, -0.2) is 4.98 Å². The summed E-state index contributed by atoms with van der Waals surface area (Å²) in [5.74, 6) is 2.41. The number of nitrogens with zero attached hydrogens (tertiary/aromatic N) is 3. The highest BCUT2D eigenvalue weighted by molar-refractivity contribution is 5.95. The Kier molecular flexibility index (Phi) is 5.37. The number of aromatic nitrogens is 1. The molecule has 0 spiro atoms. The Morgan fingerprint density at radius 2 is 1.68 bits per heavy atom. The summed E-state index contributed by atoms with van der Waals surface area (Å²) in [7, 11) is 3.28. The number of carbonyl (C=O) groups is 1. The molecule has 6 heteroatoms. The third kappa shape index (κ3) is 3.63. The van der Waals surface area contributed by atoms with E-state index in [1.54, 1.807) is 20.4 Å². The van der Waals surface area contributed by atoms with Crippen LogP contribution in [0.3, 0.4) is 0 Å². The number of pyridine rings is 1. The van der Waals surface area contributed by atoms with Crippen molar-refractivity contribution in [2.75, 3.05) is 38.8 Å². The van der Waals surface area contributed by atoms with Gasteiger partial charge in [0.1, 0.15) is 5.82 Å². The van der Waals surface area contributed by atoms with E-state index in [0.29, 0.717) is 24.4 Å². The molecular weight excluding hydrogens is 354 g/mol. The fourth-order valence-corrected chi connectivity index (χ4v) is 4.09. The smallest absolute Gasteiger partial charge is 0.254 e. The van der Waals surface area contributed by atoms with Gasteiger partial charge in [0.15, 0.2) is 11.5 Å². The lowest BCUT2D eigenvalue weighted by molar-refractivity contribution is 0.0734. The van der Waals surface area contributed by atoms with E-state index in [1.165, 1.54) is 24.8 Å². The highest BCUT2D eigenvalue weighted by atomic mass is 16.5. The van der Waals surface area contributed by atoms with Gasteiger partial charge in [-0.3, -0.25) is 4.79 Å². The van der Waals surface area contributed by atoms with Gasteiger partial charge in [0.05, 0.1) is 14.2 Å². The third-order valence-electron chi connectivity index (χ3n) is 5.68. The summed E-state index contributed by atoms with van der Waals surface area (Å²) in [6, 6.07) is 7.77. The second-order valence-corrected chi connectivity index (χ2v) is 7.40. The molecule has 0 aliphatic carbocycles. The summed E-state index contributed by atoms with van der Waals surface area (Å²) in [6.45, 7) is 3.31. The van der Waals surface area contributed by atoms with Crippen molar-refractivity contribution in [3.05, 3.63) is 47.2 Å². The highest BCUT2D eigenvalue weighted by Gasteiger charge is 2.24. The Balaban J connectivity index is 1.53. The fraction of sp³-hybridized carbons (Fsp3) is 0.455. The van der Waals surface area contributed by atoms with Crippen molar-refractivity contribution < 1.29 is 14.3 Å². The Bertz CT molecular complexity index is 862. The van der Waals surface area contributed by atoms with Crippen molar-refractivity contribution in [2.24, 2.45) is 0 Å². The maximum atomic E-state index is 13.1. The third-order valence-corrected chi connectivity index (χ3v) is 5.68. The number of hydrogen-bond acceptors (Lipinski definition) is 5. The first kappa shape index (κ1) is 18.6. The number of piperidine rings is 1. The Hall–Kier alpha value is -2.76. The van der Waals surface area contributed by atoms with Gasteiger partial charge in [0.25, 0.3) is 5.91 Å². The van der Waals surface area contributed by atoms with Crippen molar-refractivity contribution in [2.45, 2.75) is 32.2 Å². The highest BCUT2D eigenvalue weighted by Crippen LogP contribution is 2.33. The van der Waals surface area contributed by atoms with E-state index in [1.807, 2.05) is 29.2 Å². The van der Waals surface area contributed by atoms with Gasteiger partial charge in [0.2, 0.25) is 0 Å². The van der Waals surface area contributed by atoms with E-state index in [9.17, 15) is 4.79 Å². The van der Waals surface area contributed by atoms with E-state index in [2.05, 4.69) is 9.88 Å². The van der Waals surface area contributed by atoms with Crippen molar-refractivity contribution in [1.82, 2.24) is 9.88 Å². The van der Waals surface area contributed by atoms with Crippen LogP contribution in [0.5, 0.6) is 11.5 Å². The van der Waals surface area contributed by atoms with E-state index in [-0.39, 0.29) is 5.91 Å². The summed E-state index contributed by atoms with van der Waals surface area (Å²) in [5, 5.41) is 0.